The van der Waals surface area contributed by atoms with Crippen molar-refractivity contribution in [3.8, 4) is 0 Å². The van der Waals surface area contributed by atoms with Crippen molar-refractivity contribution in [2.24, 2.45) is 0 Å². The van der Waals surface area contributed by atoms with E-state index in [-0.39, 0.29) is 11.5 Å². The Bertz CT molecular complexity index is 1180. The molecule has 222 valence electrons. The minimum absolute atomic E-state index is 0.182. The SMILES string of the molecule is CC(=O)ON1C(C)(C)CC(c2ccc(C(=O)[O-])c(C(=O)[O-])c2C2CC(C)(C)N(OC(C)=O)C(C)(C)C2)CC1(C)C. The van der Waals surface area contributed by atoms with Crippen LogP contribution in [0.3, 0.4) is 0 Å². The number of carbonyl (C=O) groups is 4. The Morgan fingerprint density at radius 1 is 0.675 bits per heavy atom. The first-order valence-electron chi connectivity index (χ1n) is 13.7. The highest BCUT2D eigenvalue weighted by Crippen LogP contribution is 2.52. The third kappa shape index (κ3) is 6.02. The van der Waals surface area contributed by atoms with E-state index in [9.17, 15) is 29.4 Å². The van der Waals surface area contributed by atoms with E-state index in [1.807, 2.05) is 55.4 Å². The van der Waals surface area contributed by atoms with Crippen LogP contribution < -0.4 is 10.2 Å². The summed E-state index contributed by atoms with van der Waals surface area (Å²) in [7, 11) is 0. The van der Waals surface area contributed by atoms with Crippen LogP contribution in [0.5, 0.6) is 0 Å². The maximum atomic E-state index is 12.6. The van der Waals surface area contributed by atoms with E-state index in [1.54, 1.807) is 16.2 Å². The Labute approximate surface area is 236 Å². The van der Waals surface area contributed by atoms with Crippen LogP contribution in [0.15, 0.2) is 12.1 Å². The fourth-order valence-corrected chi connectivity index (χ4v) is 7.52. The molecule has 0 aromatic heterocycles. The Kier molecular flexibility index (Phi) is 8.24. The van der Waals surface area contributed by atoms with Crippen LogP contribution in [-0.2, 0) is 19.3 Å². The first-order chi connectivity index (χ1) is 18.1. The van der Waals surface area contributed by atoms with Crippen LogP contribution >= 0.6 is 0 Å². The van der Waals surface area contributed by atoms with Gasteiger partial charge in [-0.1, -0.05) is 12.1 Å². The van der Waals surface area contributed by atoms with Crippen molar-refractivity contribution < 1.29 is 39.1 Å². The highest BCUT2D eigenvalue weighted by atomic mass is 16.7. The first kappa shape index (κ1) is 31.5. The van der Waals surface area contributed by atoms with Crippen LogP contribution in [0.2, 0.25) is 0 Å². The number of nitrogens with zero attached hydrogens (tertiary/aromatic N) is 2. The summed E-state index contributed by atoms with van der Waals surface area (Å²) in [5.41, 5.74) is -2.27. The highest BCUT2D eigenvalue weighted by molar-refractivity contribution is 6.01. The zero-order valence-corrected chi connectivity index (χ0v) is 25.3. The van der Waals surface area contributed by atoms with Crippen molar-refractivity contribution in [1.29, 1.82) is 0 Å². The summed E-state index contributed by atoms with van der Waals surface area (Å²) in [4.78, 5) is 59.8. The minimum atomic E-state index is -1.59. The predicted molar refractivity (Wildman–Crippen MR) is 143 cm³/mol. The molecular weight excluding hydrogens is 516 g/mol. The highest BCUT2D eigenvalue weighted by Gasteiger charge is 2.52. The van der Waals surface area contributed by atoms with Gasteiger partial charge in [0.15, 0.2) is 0 Å². The van der Waals surface area contributed by atoms with Crippen molar-refractivity contribution in [2.75, 3.05) is 0 Å². The second kappa shape index (κ2) is 10.4. The molecule has 0 aliphatic carbocycles. The molecule has 0 spiro atoms. The van der Waals surface area contributed by atoms with Gasteiger partial charge in [-0.05, 0) is 104 Å². The first-order valence-corrected chi connectivity index (χ1v) is 13.7. The second-order valence-electron chi connectivity index (χ2n) is 13.8. The molecule has 2 heterocycles. The summed E-state index contributed by atoms with van der Waals surface area (Å²) in [5, 5.41) is 28.1. The van der Waals surface area contributed by atoms with Gasteiger partial charge in [0.1, 0.15) is 0 Å². The maximum absolute atomic E-state index is 12.6. The molecule has 2 aliphatic heterocycles. The molecule has 0 bridgehead atoms. The number of benzene rings is 1. The molecule has 0 unspecified atom stereocenters. The van der Waals surface area contributed by atoms with E-state index in [4.69, 9.17) is 9.68 Å². The lowest BCUT2D eigenvalue weighted by Crippen LogP contribution is -2.61. The summed E-state index contributed by atoms with van der Waals surface area (Å²) < 4.78 is 0. The van der Waals surface area contributed by atoms with Crippen LogP contribution in [0.4, 0.5) is 0 Å². The molecule has 10 heteroatoms. The van der Waals surface area contributed by atoms with E-state index in [0.717, 1.165) is 5.56 Å². The van der Waals surface area contributed by atoms with Crippen molar-refractivity contribution >= 4 is 23.9 Å². The van der Waals surface area contributed by atoms with Gasteiger partial charge in [0.2, 0.25) is 0 Å². The number of aromatic carboxylic acids is 2. The summed E-state index contributed by atoms with van der Waals surface area (Å²) in [5.74, 6) is -4.63. The predicted octanol–water partition coefficient (Wildman–Crippen LogP) is 2.84. The number of piperidine rings is 2. The fraction of sp³-hybridized carbons (Fsp3) is 0.667. The molecule has 0 saturated carbocycles. The number of hydrogen-bond acceptors (Lipinski definition) is 10. The normalized spacial score (nSPS) is 22.9. The molecule has 3 rings (SSSR count). The molecule has 10 nitrogen and oxygen atoms in total. The van der Waals surface area contributed by atoms with Gasteiger partial charge in [-0.2, -0.15) is 0 Å². The van der Waals surface area contributed by atoms with Crippen LogP contribution in [-0.4, -0.2) is 56.2 Å². The largest absolute Gasteiger partial charge is 0.545 e. The van der Waals surface area contributed by atoms with Gasteiger partial charge >= 0.3 is 11.9 Å². The monoisotopic (exact) mass is 558 g/mol. The van der Waals surface area contributed by atoms with E-state index >= 15 is 0 Å². The van der Waals surface area contributed by atoms with E-state index in [0.29, 0.717) is 31.2 Å². The van der Waals surface area contributed by atoms with Crippen LogP contribution in [0, 0.1) is 0 Å². The van der Waals surface area contributed by atoms with Crippen molar-refractivity contribution in [3.63, 3.8) is 0 Å². The summed E-state index contributed by atoms with van der Waals surface area (Å²) in [6.07, 6.45) is 1.83. The third-order valence-electron chi connectivity index (χ3n) is 8.17. The van der Waals surface area contributed by atoms with Gasteiger partial charge in [0.05, 0.1) is 34.1 Å². The number of hydrogen-bond donors (Lipinski definition) is 0. The van der Waals surface area contributed by atoms with Gasteiger partial charge in [0.25, 0.3) is 0 Å². The smallest absolute Gasteiger partial charge is 0.322 e. The zero-order chi connectivity index (χ0) is 30.6. The standard InChI is InChI=1S/C30H44N2O8/c1-17(33)39-31-27(3,4)13-19(14-28(31,5)6)21-11-12-22(25(35)36)24(26(37)38)23(21)20-15-29(7,8)32(40-18(2)34)30(9,10)16-20/h11-12,19-20H,13-16H2,1-10H3,(H,35,36)(H,37,38)/p-2. The summed E-state index contributed by atoms with van der Waals surface area (Å²) >= 11 is 0. The minimum Gasteiger partial charge on any atom is -0.545 e. The lowest BCUT2D eigenvalue weighted by molar-refractivity contribution is -0.267. The molecule has 1 aromatic rings. The Morgan fingerprint density at radius 2 is 1.05 bits per heavy atom. The molecule has 0 atom stereocenters. The van der Waals surface area contributed by atoms with E-state index < -0.39 is 57.5 Å². The second-order valence-corrected chi connectivity index (χ2v) is 13.8. The molecule has 2 aliphatic rings. The molecule has 1 aromatic carbocycles. The van der Waals surface area contributed by atoms with Gasteiger partial charge in [-0.3, -0.25) is 9.59 Å². The Morgan fingerprint density at radius 3 is 1.38 bits per heavy atom. The number of hydroxylamine groups is 4. The van der Waals surface area contributed by atoms with E-state index in [1.165, 1.54) is 19.9 Å². The number of carboxylic acid groups (broad SMARTS) is 2. The topological polar surface area (TPSA) is 139 Å². The molecule has 0 radical (unpaired) electrons. The summed E-state index contributed by atoms with van der Waals surface area (Å²) in [6.45, 7) is 18.2. The van der Waals surface area contributed by atoms with Crippen molar-refractivity contribution in [3.05, 3.63) is 34.4 Å². The molecule has 2 fully saturated rings. The van der Waals surface area contributed by atoms with Gasteiger partial charge in [-0.25, -0.2) is 0 Å². The van der Waals surface area contributed by atoms with Gasteiger partial charge in [0, 0.05) is 25.0 Å². The van der Waals surface area contributed by atoms with Gasteiger partial charge < -0.3 is 29.5 Å². The average Bonchev–Trinajstić information content (AvgIpc) is 2.76. The maximum Gasteiger partial charge on any atom is 0.322 e. The average molecular weight is 559 g/mol. The van der Waals surface area contributed by atoms with Gasteiger partial charge in [-0.15, -0.1) is 10.1 Å². The molecule has 40 heavy (non-hydrogen) atoms. The zero-order valence-electron chi connectivity index (χ0n) is 25.3. The summed E-state index contributed by atoms with van der Waals surface area (Å²) in [6, 6.07) is 2.99. The lowest BCUT2D eigenvalue weighted by Gasteiger charge is -2.55. The molecular formula is C30H42N2O8-2. The third-order valence-corrected chi connectivity index (χ3v) is 8.17. The van der Waals surface area contributed by atoms with Crippen molar-refractivity contribution in [1.82, 2.24) is 10.1 Å². The molecule has 2 saturated heterocycles. The number of carbonyl (C=O) groups excluding carboxylic acids is 4. The van der Waals surface area contributed by atoms with E-state index in [2.05, 4.69) is 0 Å². The Balaban J connectivity index is 2.24. The molecule has 0 amide bonds. The van der Waals surface area contributed by atoms with Crippen molar-refractivity contribution in [2.45, 2.75) is 129 Å². The Hall–Kier alpha value is -2.98. The van der Waals surface area contributed by atoms with Crippen LogP contribution in [0.25, 0.3) is 0 Å². The quantitative estimate of drug-likeness (QED) is 0.512. The number of carboxylic acids is 2. The molecule has 0 N–H and O–H groups in total. The lowest BCUT2D eigenvalue weighted by atomic mass is 9.66. The fourth-order valence-electron chi connectivity index (χ4n) is 7.52. The van der Waals surface area contributed by atoms with Crippen LogP contribution in [0.1, 0.15) is 139 Å². The number of rotatable bonds is 6.